The molecule has 0 bridgehead atoms. The van der Waals surface area contributed by atoms with E-state index in [1.54, 1.807) is 11.8 Å². The molecule has 0 saturated carbocycles. The van der Waals surface area contributed by atoms with Gasteiger partial charge in [-0.3, -0.25) is 5.32 Å². The number of urea groups is 1. The van der Waals surface area contributed by atoms with Gasteiger partial charge in [0.1, 0.15) is 0 Å². The Balaban J connectivity index is 1.36. The SMILES string of the molecule is CSc1cccc(-c2ccc3nc(NC(=O)NCCc4noc(C(C)(C)C)n4)sc3c2)c1. The summed E-state index contributed by atoms with van der Waals surface area (Å²) in [6.45, 7) is 6.44. The highest BCUT2D eigenvalue weighted by atomic mass is 32.2. The lowest BCUT2D eigenvalue weighted by Crippen LogP contribution is -2.30. The lowest BCUT2D eigenvalue weighted by atomic mass is 9.97. The fraction of sp³-hybridized carbons (Fsp3) is 0.304. The number of carbonyl (C=O) groups excluding carboxylic acids is 1. The van der Waals surface area contributed by atoms with Gasteiger partial charge in [0.15, 0.2) is 11.0 Å². The number of rotatable bonds is 6. The number of aromatic nitrogens is 3. The zero-order valence-corrected chi connectivity index (χ0v) is 20.1. The average molecular weight is 468 g/mol. The Kier molecular flexibility index (Phi) is 6.48. The highest BCUT2D eigenvalue weighted by molar-refractivity contribution is 7.98. The fourth-order valence-electron chi connectivity index (χ4n) is 3.05. The first-order valence-electron chi connectivity index (χ1n) is 10.2. The molecule has 2 N–H and O–H groups in total. The van der Waals surface area contributed by atoms with Crippen LogP contribution in [0.25, 0.3) is 21.3 Å². The van der Waals surface area contributed by atoms with E-state index in [1.807, 2.05) is 26.8 Å². The zero-order chi connectivity index (χ0) is 22.7. The average Bonchev–Trinajstić information content (AvgIpc) is 3.39. The van der Waals surface area contributed by atoms with E-state index >= 15 is 0 Å². The Labute approximate surface area is 195 Å². The predicted octanol–water partition coefficient (Wildman–Crippen LogP) is 5.73. The van der Waals surface area contributed by atoms with E-state index in [4.69, 9.17) is 4.52 Å². The molecule has 7 nitrogen and oxygen atoms in total. The van der Waals surface area contributed by atoms with Crippen LogP contribution < -0.4 is 10.6 Å². The highest BCUT2D eigenvalue weighted by Gasteiger charge is 2.21. The number of carbonyl (C=O) groups is 1. The minimum atomic E-state index is -0.309. The standard InChI is InChI=1S/C23H25N5O2S2/c1-23(2,3)20-26-19(28-30-20)10-11-24-21(29)27-22-25-17-9-8-15(13-18(17)32-22)14-6-5-7-16(12-14)31-4/h5-9,12-13H,10-11H2,1-4H3,(H2,24,25,27,29). The van der Waals surface area contributed by atoms with E-state index in [-0.39, 0.29) is 11.4 Å². The van der Waals surface area contributed by atoms with Crippen LogP contribution in [0.1, 0.15) is 32.5 Å². The predicted molar refractivity (Wildman–Crippen MR) is 131 cm³/mol. The van der Waals surface area contributed by atoms with Crippen molar-refractivity contribution in [2.24, 2.45) is 0 Å². The van der Waals surface area contributed by atoms with Crippen LogP contribution in [-0.2, 0) is 11.8 Å². The molecular weight excluding hydrogens is 442 g/mol. The van der Waals surface area contributed by atoms with Crippen LogP contribution in [0.5, 0.6) is 0 Å². The molecule has 0 spiro atoms. The number of thioether (sulfide) groups is 1. The quantitative estimate of drug-likeness (QED) is 0.352. The van der Waals surface area contributed by atoms with E-state index in [9.17, 15) is 4.79 Å². The number of thiazole rings is 1. The summed E-state index contributed by atoms with van der Waals surface area (Å²) in [7, 11) is 0. The number of benzene rings is 2. The summed E-state index contributed by atoms with van der Waals surface area (Å²) in [6, 6.07) is 14.3. The van der Waals surface area contributed by atoms with Crippen LogP contribution in [0.4, 0.5) is 9.93 Å². The van der Waals surface area contributed by atoms with Crippen molar-refractivity contribution in [3.63, 3.8) is 0 Å². The van der Waals surface area contributed by atoms with Gasteiger partial charge in [-0.15, -0.1) is 11.8 Å². The summed E-state index contributed by atoms with van der Waals surface area (Å²) >= 11 is 3.17. The Morgan fingerprint density at radius 1 is 1.12 bits per heavy atom. The first-order valence-corrected chi connectivity index (χ1v) is 12.3. The Morgan fingerprint density at radius 2 is 1.94 bits per heavy atom. The largest absolute Gasteiger partial charge is 0.339 e. The number of nitrogens with zero attached hydrogens (tertiary/aromatic N) is 3. The van der Waals surface area contributed by atoms with Gasteiger partial charge >= 0.3 is 6.03 Å². The van der Waals surface area contributed by atoms with Gasteiger partial charge in [-0.05, 0) is 41.6 Å². The monoisotopic (exact) mass is 467 g/mol. The van der Waals surface area contributed by atoms with Gasteiger partial charge < -0.3 is 9.84 Å². The maximum atomic E-state index is 12.3. The van der Waals surface area contributed by atoms with Crippen LogP contribution >= 0.6 is 23.1 Å². The van der Waals surface area contributed by atoms with Crippen molar-refractivity contribution < 1.29 is 9.32 Å². The minimum absolute atomic E-state index is 0.194. The van der Waals surface area contributed by atoms with Crippen molar-refractivity contribution in [2.75, 3.05) is 18.1 Å². The molecule has 0 aliphatic heterocycles. The lowest BCUT2D eigenvalue weighted by Gasteiger charge is -2.10. The summed E-state index contributed by atoms with van der Waals surface area (Å²) in [5, 5.41) is 10.2. The van der Waals surface area contributed by atoms with Crippen molar-refractivity contribution in [2.45, 2.75) is 37.5 Å². The molecule has 0 aliphatic rings. The Morgan fingerprint density at radius 3 is 2.69 bits per heavy atom. The minimum Gasteiger partial charge on any atom is -0.339 e. The third kappa shape index (κ3) is 5.28. The van der Waals surface area contributed by atoms with Gasteiger partial charge in [-0.1, -0.05) is 55.5 Å². The molecule has 0 fully saturated rings. The van der Waals surface area contributed by atoms with Gasteiger partial charge in [0, 0.05) is 23.3 Å². The van der Waals surface area contributed by atoms with Crippen LogP contribution in [-0.4, -0.2) is 34.0 Å². The van der Waals surface area contributed by atoms with Gasteiger partial charge in [-0.25, -0.2) is 9.78 Å². The van der Waals surface area contributed by atoms with Crippen molar-refractivity contribution >= 4 is 44.5 Å². The second-order valence-corrected chi connectivity index (χ2v) is 10.2. The summed E-state index contributed by atoms with van der Waals surface area (Å²) in [6.07, 6.45) is 2.56. The number of amides is 2. The molecule has 0 aliphatic carbocycles. The van der Waals surface area contributed by atoms with Gasteiger partial charge in [0.2, 0.25) is 5.89 Å². The van der Waals surface area contributed by atoms with Crippen LogP contribution in [0.3, 0.4) is 0 Å². The molecule has 0 atom stereocenters. The first kappa shape index (κ1) is 22.3. The maximum absolute atomic E-state index is 12.3. The Bertz CT molecular complexity index is 1240. The van der Waals surface area contributed by atoms with Crippen molar-refractivity contribution in [1.82, 2.24) is 20.4 Å². The molecule has 166 valence electrons. The Hall–Kier alpha value is -2.91. The third-order valence-electron chi connectivity index (χ3n) is 4.76. The van der Waals surface area contributed by atoms with Crippen LogP contribution in [0.15, 0.2) is 51.9 Å². The van der Waals surface area contributed by atoms with E-state index in [0.29, 0.717) is 29.8 Å². The summed E-state index contributed by atoms with van der Waals surface area (Å²) in [5.74, 6) is 1.17. The molecule has 0 saturated heterocycles. The third-order valence-corrected chi connectivity index (χ3v) is 6.41. The van der Waals surface area contributed by atoms with Gasteiger partial charge in [-0.2, -0.15) is 4.98 Å². The van der Waals surface area contributed by atoms with Crippen LogP contribution in [0, 0.1) is 0 Å². The zero-order valence-electron chi connectivity index (χ0n) is 18.4. The molecule has 0 radical (unpaired) electrons. The maximum Gasteiger partial charge on any atom is 0.321 e. The molecular formula is C23H25N5O2S2. The number of nitrogens with one attached hydrogen (secondary N) is 2. The van der Waals surface area contributed by atoms with E-state index in [2.05, 4.69) is 68.4 Å². The molecule has 2 amide bonds. The molecule has 0 unspecified atom stereocenters. The van der Waals surface area contributed by atoms with Crippen molar-refractivity contribution in [1.29, 1.82) is 0 Å². The smallest absolute Gasteiger partial charge is 0.321 e. The molecule has 4 aromatic rings. The highest BCUT2D eigenvalue weighted by Crippen LogP contribution is 2.31. The van der Waals surface area contributed by atoms with E-state index < -0.39 is 0 Å². The summed E-state index contributed by atoms with van der Waals surface area (Å²) in [5.41, 5.74) is 2.95. The fourth-order valence-corrected chi connectivity index (χ4v) is 4.41. The van der Waals surface area contributed by atoms with Crippen molar-refractivity contribution in [3.8, 4) is 11.1 Å². The number of hydrogen-bond donors (Lipinski definition) is 2. The van der Waals surface area contributed by atoms with Gasteiger partial charge in [0.25, 0.3) is 0 Å². The molecule has 9 heteroatoms. The number of hydrogen-bond acceptors (Lipinski definition) is 7. The topological polar surface area (TPSA) is 92.9 Å². The second-order valence-electron chi connectivity index (χ2n) is 8.33. The number of fused-ring (bicyclic) bond motifs is 1. The number of anilines is 1. The molecule has 2 heterocycles. The van der Waals surface area contributed by atoms with Crippen molar-refractivity contribution in [3.05, 3.63) is 54.2 Å². The molecule has 2 aromatic heterocycles. The van der Waals surface area contributed by atoms with Crippen LogP contribution in [0.2, 0.25) is 0 Å². The lowest BCUT2D eigenvalue weighted by molar-refractivity contribution is 0.252. The summed E-state index contributed by atoms with van der Waals surface area (Å²) < 4.78 is 6.29. The molecule has 32 heavy (non-hydrogen) atoms. The van der Waals surface area contributed by atoms with Gasteiger partial charge in [0.05, 0.1) is 10.2 Å². The van der Waals surface area contributed by atoms with E-state index in [0.717, 1.165) is 21.3 Å². The van der Waals surface area contributed by atoms with E-state index in [1.165, 1.54) is 16.2 Å². The first-order chi connectivity index (χ1) is 15.3. The normalized spacial score (nSPS) is 11.6. The molecule has 2 aromatic carbocycles. The summed E-state index contributed by atoms with van der Waals surface area (Å²) in [4.78, 5) is 22.4. The molecule has 4 rings (SSSR count). The second kappa shape index (κ2) is 9.30.